The molecule has 0 fully saturated rings. The lowest BCUT2D eigenvalue weighted by molar-refractivity contribution is 0.631. The second-order valence-electron chi connectivity index (χ2n) is 4.49. The number of hydrogen-bond donors (Lipinski definition) is 2. The highest BCUT2D eigenvalue weighted by Gasteiger charge is 2.13. The number of rotatable bonds is 2. The second-order valence-corrected chi connectivity index (χ2v) is 4.49. The zero-order valence-corrected chi connectivity index (χ0v) is 10.6. The van der Waals surface area contributed by atoms with E-state index in [2.05, 4.69) is 16.9 Å². The molecule has 0 unspecified atom stereocenters. The highest BCUT2D eigenvalue weighted by atomic mass is 19.1. The van der Waals surface area contributed by atoms with Gasteiger partial charge in [-0.3, -0.25) is 0 Å². The lowest BCUT2D eigenvalue weighted by atomic mass is 10.1. The standard InChI is InChI=1S/C15H14FN3/c1-2-9-6-7-12-13(8-9)19-15(18-12)14-10(16)4-3-5-11(14)17/h3-8H,2,17H2,1H3,(H,18,19). The molecule has 2 aromatic carbocycles. The Kier molecular flexibility index (Phi) is 2.71. The summed E-state index contributed by atoms with van der Waals surface area (Å²) in [5, 5.41) is 0. The Morgan fingerprint density at radius 2 is 2.11 bits per heavy atom. The van der Waals surface area contributed by atoms with E-state index in [-0.39, 0.29) is 5.82 Å². The van der Waals surface area contributed by atoms with Crippen molar-refractivity contribution in [2.45, 2.75) is 13.3 Å². The summed E-state index contributed by atoms with van der Waals surface area (Å²) >= 11 is 0. The molecule has 1 aromatic heterocycles. The van der Waals surface area contributed by atoms with Crippen molar-refractivity contribution in [1.29, 1.82) is 0 Å². The van der Waals surface area contributed by atoms with Crippen LogP contribution < -0.4 is 5.73 Å². The first-order valence-electron chi connectivity index (χ1n) is 6.22. The van der Waals surface area contributed by atoms with Gasteiger partial charge in [0.25, 0.3) is 0 Å². The molecule has 4 heteroatoms. The van der Waals surface area contributed by atoms with E-state index in [1.165, 1.54) is 11.6 Å². The van der Waals surface area contributed by atoms with Crippen molar-refractivity contribution in [3.63, 3.8) is 0 Å². The van der Waals surface area contributed by atoms with E-state index in [9.17, 15) is 4.39 Å². The minimum Gasteiger partial charge on any atom is -0.398 e. The number of imidazole rings is 1. The third-order valence-corrected chi connectivity index (χ3v) is 3.24. The fraction of sp³-hybridized carbons (Fsp3) is 0.133. The summed E-state index contributed by atoms with van der Waals surface area (Å²) in [6.07, 6.45) is 0.951. The van der Waals surface area contributed by atoms with E-state index in [1.54, 1.807) is 12.1 Å². The highest BCUT2D eigenvalue weighted by molar-refractivity contribution is 5.83. The number of nitrogens with one attached hydrogen (secondary N) is 1. The Morgan fingerprint density at radius 3 is 2.84 bits per heavy atom. The molecule has 0 bridgehead atoms. The molecule has 0 aliphatic rings. The van der Waals surface area contributed by atoms with Crippen LogP contribution in [0.2, 0.25) is 0 Å². The molecule has 0 spiro atoms. The van der Waals surface area contributed by atoms with Gasteiger partial charge >= 0.3 is 0 Å². The number of aromatic amines is 1. The Hall–Kier alpha value is -2.36. The summed E-state index contributed by atoms with van der Waals surface area (Å²) in [5.41, 5.74) is 9.47. The van der Waals surface area contributed by atoms with Crippen LogP contribution in [-0.2, 0) is 6.42 Å². The molecule has 3 N–H and O–H groups in total. The monoisotopic (exact) mass is 255 g/mol. The number of anilines is 1. The lowest BCUT2D eigenvalue weighted by Gasteiger charge is -2.02. The number of aryl methyl sites for hydroxylation is 1. The van der Waals surface area contributed by atoms with Crippen LogP contribution in [0.15, 0.2) is 36.4 Å². The van der Waals surface area contributed by atoms with Crippen LogP contribution in [0.25, 0.3) is 22.4 Å². The van der Waals surface area contributed by atoms with Gasteiger partial charge in [0.1, 0.15) is 11.6 Å². The molecule has 0 aliphatic heterocycles. The fourth-order valence-corrected chi connectivity index (χ4v) is 2.19. The molecule has 0 atom stereocenters. The first-order chi connectivity index (χ1) is 9.19. The SMILES string of the molecule is CCc1ccc2nc(-c3c(N)cccc3F)[nH]c2c1. The summed E-state index contributed by atoms with van der Waals surface area (Å²) < 4.78 is 13.9. The third-order valence-electron chi connectivity index (χ3n) is 3.24. The molecule has 19 heavy (non-hydrogen) atoms. The smallest absolute Gasteiger partial charge is 0.143 e. The molecule has 0 aliphatic carbocycles. The third kappa shape index (κ3) is 1.95. The molecular weight excluding hydrogens is 241 g/mol. The van der Waals surface area contributed by atoms with Crippen LogP contribution in [-0.4, -0.2) is 9.97 Å². The van der Waals surface area contributed by atoms with Crippen LogP contribution in [0.1, 0.15) is 12.5 Å². The molecule has 3 rings (SSSR count). The molecule has 3 aromatic rings. The van der Waals surface area contributed by atoms with Crippen molar-refractivity contribution in [3.8, 4) is 11.4 Å². The molecular formula is C15H14FN3. The first kappa shape index (κ1) is 11.7. The summed E-state index contributed by atoms with van der Waals surface area (Å²) in [4.78, 5) is 7.54. The Bertz CT molecular complexity index is 726. The van der Waals surface area contributed by atoms with Crippen molar-refractivity contribution in [3.05, 3.63) is 47.8 Å². The van der Waals surface area contributed by atoms with Crippen LogP contribution in [0.5, 0.6) is 0 Å². The molecule has 0 radical (unpaired) electrons. The van der Waals surface area contributed by atoms with Crippen LogP contribution >= 0.6 is 0 Å². The molecule has 0 amide bonds. The van der Waals surface area contributed by atoms with Crippen LogP contribution in [0, 0.1) is 5.82 Å². The largest absolute Gasteiger partial charge is 0.398 e. The molecule has 96 valence electrons. The zero-order chi connectivity index (χ0) is 13.4. The molecule has 0 saturated heterocycles. The average Bonchev–Trinajstić information content (AvgIpc) is 2.80. The number of H-pyrrole nitrogens is 1. The number of fused-ring (bicyclic) bond motifs is 1. The molecule has 1 heterocycles. The van der Waals surface area contributed by atoms with Crippen molar-refractivity contribution < 1.29 is 4.39 Å². The minimum atomic E-state index is -0.366. The van der Waals surface area contributed by atoms with Gasteiger partial charge < -0.3 is 10.7 Å². The van der Waals surface area contributed by atoms with Crippen LogP contribution in [0.3, 0.4) is 0 Å². The molecule has 3 nitrogen and oxygen atoms in total. The van der Waals surface area contributed by atoms with Gasteiger partial charge in [-0.1, -0.05) is 19.1 Å². The van der Waals surface area contributed by atoms with Crippen molar-refractivity contribution in [1.82, 2.24) is 9.97 Å². The highest BCUT2D eigenvalue weighted by Crippen LogP contribution is 2.28. The van der Waals surface area contributed by atoms with E-state index in [4.69, 9.17) is 5.73 Å². The normalized spacial score (nSPS) is 11.1. The molecule has 0 saturated carbocycles. The quantitative estimate of drug-likeness (QED) is 0.688. The maximum atomic E-state index is 13.9. The number of nitrogens with two attached hydrogens (primary N) is 1. The van der Waals surface area contributed by atoms with E-state index >= 15 is 0 Å². The van der Waals surface area contributed by atoms with E-state index in [0.717, 1.165) is 17.5 Å². The van der Waals surface area contributed by atoms with Gasteiger partial charge in [-0.05, 0) is 36.2 Å². The Morgan fingerprint density at radius 1 is 1.26 bits per heavy atom. The van der Waals surface area contributed by atoms with Crippen LogP contribution in [0.4, 0.5) is 10.1 Å². The van der Waals surface area contributed by atoms with Crippen molar-refractivity contribution in [2.24, 2.45) is 0 Å². The first-order valence-corrected chi connectivity index (χ1v) is 6.22. The van der Waals surface area contributed by atoms with Crippen molar-refractivity contribution >= 4 is 16.7 Å². The van der Waals surface area contributed by atoms with Gasteiger partial charge in [0.15, 0.2) is 0 Å². The number of benzene rings is 2. The Balaban J connectivity index is 2.21. The number of nitrogens with zero attached hydrogens (tertiary/aromatic N) is 1. The second kappa shape index (κ2) is 4.39. The predicted molar refractivity (Wildman–Crippen MR) is 75.3 cm³/mol. The van der Waals surface area contributed by atoms with Gasteiger partial charge in [0.05, 0.1) is 16.6 Å². The number of aromatic nitrogens is 2. The number of nitrogen functional groups attached to an aromatic ring is 1. The lowest BCUT2D eigenvalue weighted by Crippen LogP contribution is -1.94. The topological polar surface area (TPSA) is 54.7 Å². The summed E-state index contributed by atoms with van der Waals surface area (Å²) in [5.74, 6) is 0.105. The summed E-state index contributed by atoms with van der Waals surface area (Å²) in [6.45, 7) is 2.09. The minimum absolute atomic E-state index is 0.330. The number of halogens is 1. The summed E-state index contributed by atoms with van der Waals surface area (Å²) in [6, 6.07) is 10.6. The Labute approximate surface area is 110 Å². The van der Waals surface area contributed by atoms with Gasteiger partial charge in [-0.25, -0.2) is 9.37 Å². The van der Waals surface area contributed by atoms with E-state index < -0.39 is 0 Å². The van der Waals surface area contributed by atoms with Gasteiger partial charge in [-0.15, -0.1) is 0 Å². The fourth-order valence-electron chi connectivity index (χ4n) is 2.19. The predicted octanol–water partition coefficient (Wildman–Crippen LogP) is 3.51. The number of hydrogen-bond acceptors (Lipinski definition) is 2. The van der Waals surface area contributed by atoms with Gasteiger partial charge in [0, 0.05) is 5.69 Å². The maximum absolute atomic E-state index is 13.9. The van der Waals surface area contributed by atoms with Gasteiger partial charge in [-0.2, -0.15) is 0 Å². The van der Waals surface area contributed by atoms with Gasteiger partial charge in [0.2, 0.25) is 0 Å². The average molecular weight is 255 g/mol. The van der Waals surface area contributed by atoms with E-state index in [1.807, 2.05) is 18.2 Å². The zero-order valence-electron chi connectivity index (χ0n) is 10.6. The summed E-state index contributed by atoms with van der Waals surface area (Å²) in [7, 11) is 0. The van der Waals surface area contributed by atoms with Crippen molar-refractivity contribution in [2.75, 3.05) is 5.73 Å². The van der Waals surface area contributed by atoms with E-state index in [0.29, 0.717) is 17.1 Å². The maximum Gasteiger partial charge on any atom is 0.143 e.